The molecule has 0 aromatic carbocycles. The number of alkyl carbamates (subject to hydrolysis) is 1. The molecular formula is C14H23N3O5. The van der Waals surface area contributed by atoms with E-state index in [1.54, 1.807) is 0 Å². The minimum absolute atomic E-state index is 0.0886. The summed E-state index contributed by atoms with van der Waals surface area (Å²) in [7, 11) is 0. The Balaban J connectivity index is 3.69. The Bertz CT molecular complexity index is 398. The van der Waals surface area contributed by atoms with Gasteiger partial charge in [-0.1, -0.05) is 25.3 Å². The monoisotopic (exact) mass is 313 g/mol. The van der Waals surface area contributed by atoms with E-state index in [9.17, 15) is 14.4 Å². The molecule has 0 saturated heterocycles. The number of nitrogens with two attached hydrogens (primary N) is 1. The average molecular weight is 313 g/mol. The zero-order valence-corrected chi connectivity index (χ0v) is 12.5. The molecule has 8 nitrogen and oxygen atoms in total. The van der Waals surface area contributed by atoms with Gasteiger partial charge < -0.3 is 25.8 Å². The van der Waals surface area contributed by atoms with Gasteiger partial charge in [-0.2, -0.15) is 0 Å². The molecule has 124 valence electrons. The average Bonchev–Trinajstić information content (AvgIpc) is 2.52. The second-order valence-corrected chi connectivity index (χ2v) is 4.23. The summed E-state index contributed by atoms with van der Waals surface area (Å²) in [6, 6.07) is -0.849. The number of esters is 1. The summed E-state index contributed by atoms with van der Waals surface area (Å²) in [4.78, 5) is 33.9. The van der Waals surface area contributed by atoms with Crippen LogP contribution in [-0.2, 0) is 19.1 Å². The van der Waals surface area contributed by atoms with Gasteiger partial charge in [0.15, 0.2) is 0 Å². The third-order valence-electron chi connectivity index (χ3n) is 2.38. The number of carbonyl (C=O) groups is 3. The van der Waals surface area contributed by atoms with Gasteiger partial charge >= 0.3 is 12.1 Å². The first-order valence-electron chi connectivity index (χ1n) is 6.82. The van der Waals surface area contributed by atoms with Crippen molar-refractivity contribution < 1.29 is 23.9 Å². The molecule has 0 saturated carbocycles. The first kappa shape index (κ1) is 19.7. The van der Waals surface area contributed by atoms with Crippen LogP contribution in [0.15, 0.2) is 25.3 Å². The van der Waals surface area contributed by atoms with E-state index >= 15 is 0 Å². The second kappa shape index (κ2) is 12.4. The van der Waals surface area contributed by atoms with Crippen LogP contribution >= 0.6 is 0 Å². The Kier molecular flexibility index (Phi) is 11.1. The van der Waals surface area contributed by atoms with Crippen molar-refractivity contribution in [3.63, 3.8) is 0 Å². The Labute approximate surface area is 129 Å². The van der Waals surface area contributed by atoms with Gasteiger partial charge in [0, 0.05) is 19.5 Å². The maximum absolute atomic E-state index is 11.5. The first-order chi connectivity index (χ1) is 10.5. The molecule has 0 rings (SSSR count). The van der Waals surface area contributed by atoms with Crippen molar-refractivity contribution in [3.05, 3.63) is 25.3 Å². The van der Waals surface area contributed by atoms with E-state index in [0.717, 1.165) is 0 Å². The predicted octanol–water partition coefficient (Wildman–Crippen LogP) is -0.148. The topological polar surface area (TPSA) is 120 Å². The summed E-state index contributed by atoms with van der Waals surface area (Å²) >= 11 is 0. The highest BCUT2D eigenvalue weighted by atomic mass is 16.5. The molecule has 0 aliphatic rings. The van der Waals surface area contributed by atoms with E-state index in [1.807, 2.05) is 0 Å². The van der Waals surface area contributed by atoms with Gasteiger partial charge in [0.25, 0.3) is 0 Å². The van der Waals surface area contributed by atoms with Gasteiger partial charge in [0.1, 0.15) is 19.3 Å². The van der Waals surface area contributed by atoms with Crippen LogP contribution in [0.3, 0.4) is 0 Å². The lowest BCUT2D eigenvalue weighted by Crippen LogP contribution is -2.37. The summed E-state index contributed by atoms with van der Waals surface area (Å²) in [6.07, 6.45) is 2.57. The molecule has 0 radical (unpaired) electrons. The van der Waals surface area contributed by atoms with E-state index < -0.39 is 18.1 Å². The van der Waals surface area contributed by atoms with Gasteiger partial charge in [-0.25, -0.2) is 4.79 Å². The summed E-state index contributed by atoms with van der Waals surface area (Å²) < 4.78 is 9.44. The SMILES string of the molecule is C=CCOC(=O)NCCNC(=O)CC[C@H](N)C(=O)OCC=C. The highest BCUT2D eigenvalue weighted by molar-refractivity contribution is 5.79. The van der Waals surface area contributed by atoms with Gasteiger partial charge in [-0.05, 0) is 6.42 Å². The number of ether oxygens (including phenoxy) is 2. The van der Waals surface area contributed by atoms with E-state index in [0.29, 0.717) is 0 Å². The fraction of sp³-hybridized carbons (Fsp3) is 0.500. The molecule has 4 N–H and O–H groups in total. The minimum Gasteiger partial charge on any atom is -0.460 e. The molecule has 8 heteroatoms. The zero-order chi connectivity index (χ0) is 16.8. The van der Waals surface area contributed by atoms with Crippen LogP contribution in [0.1, 0.15) is 12.8 Å². The van der Waals surface area contributed by atoms with Crippen LogP contribution < -0.4 is 16.4 Å². The lowest BCUT2D eigenvalue weighted by molar-refractivity contribution is -0.144. The third kappa shape index (κ3) is 10.4. The molecule has 0 fully saturated rings. The fourth-order valence-corrected chi connectivity index (χ4v) is 1.29. The molecule has 0 bridgehead atoms. The second-order valence-electron chi connectivity index (χ2n) is 4.23. The number of carbonyl (C=O) groups excluding carboxylic acids is 3. The first-order valence-corrected chi connectivity index (χ1v) is 6.82. The maximum Gasteiger partial charge on any atom is 0.407 e. The van der Waals surface area contributed by atoms with Crippen LogP contribution in [0.25, 0.3) is 0 Å². The number of rotatable bonds is 11. The lowest BCUT2D eigenvalue weighted by atomic mass is 10.1. The van der Waals surface area contributed by atoms with Crippen molar-refractivity contribution in [2.75, 3.05) is 26.3 Å². The predicted molar refractivity (Wildman–Crippen MR) is 80.9 cm³/mol. The van der Waals surface area contributed by atoms with E-state index in [1.165, 1.54) is 12.2 Å². The summed E-state index contributed by atoms with van der Waals surface area (Å²) in [6.45, 7) is 7.51. The zero-order valence-electron chi connectivity index (χ0n) is 12.5. The van der Waals surface area contributed by atoms with Crippen LogP contribution in [0.2, 0.25) is 0 Å². The Hall–Kier alpha value is -2.35. The number of amides is 2. The van der Waals surface area contributed by atoms with Crippen LogP contribution in [0.5, 0.6) is 0 Å². The molecular weight excluding hydrogens is 290 g/mol. The third-order valence-corrected chi connectivity index (χ3v) is 2.38. The summed E-state index contributed by atoms with van der Waals surface area (Å²) in [5.41, 5.74) is 5.58. The van der Waals surface area contributed by atoms with Crippen molar-refractivity contribution in [1.82, 2.24) is 10.6 Å². The number of hydrogen-bond donors (Lipinski definition) is 3. The van der Waals surface area contributed by atoms with E-state index in [-0.39, 0.29) is 45.1 Å². The van der Waals surface area contributed by atoms with Crippen molar-refractivity contribution in [2.45, 2.75) is 18.9 Å². The highest BCUT2D eigenvalue weighted by Gasteiger charge is 2.15. The summed E-state index contributed by atoms with van der Waals surface area (Å²) in [5.74, 6) is -0.840. The molecule has 22 heavy (non-hydrogen) atoms. The molecule has 0 spiro atoms. The molecule has 0 aromatic rings. The number of nitrogens with one attached hydrogen (secondary N) is 2. The standard InChI is InChI=1S/C14H23N3O5/c1-3-9-21-13(19)11(15)5-6-12(18)16-7-8-17-14(20)22-10-4-2/h3-4,11H,1-2,5-10,15H2,(H,16,18)(H,17,20)/t11-/m0/s1. The lowest BCUT2D eigenvalue weighted by Gasteiger charge is -2.10. The molecule has 0 aromatic heterocycles. The smallest absolute Gasteiger partial charge is 0.407 e. The number of hydrogen-bond acceptors (Lipinski definition) is 6. The normalized spacial score (nSPS) is 11.0. The van der Waals surface area contributed by atoms with Crippen LogP contribution in [0.4, 0.5) is 4.79 Å². The van der Waals surface area contributed by atoms with Crippen LogP contribution in [0, 0.1) is 0 Å². The molecule has 0 unspecified atom stereocenters. The fourth-order valence-electron chi connectivity index (χ4n) is 1.29. The van der Waals surface area contributed by atoms with Crippen LogP contribution in [-0.4, -0.2) is 50.3 Å². The van der Waals surface area contributed by atoms with Gasteiger partial charge in [-0.3, -0.25) is 9.59 Å². The Morgan fingerprint density at radius 2 is 1.64 bits per heavy atom. The van der Waals surface area contributed by atoms with Gasteiger partial charge in [0.2, 0.25) is 5.91 Å². The van der Waals surface area contributed by atoms with Gasteiger partial charge in [0.05, 0.1) is 0 Å². The van der Waals surface area contributed by atoms with Crippen molar-refractivity contribution >= 4 is 18.0 Å². The van der Waals surface area contributed by atoms with Gasteiger partial charge in [-0.15, -0.1) is 0 Å². The molecule has 1 atom stereocenters. The van der Waals surface area contributed by atoms with Crippen molar-refractivity contribution in [2.24, 2.45) is 5.73 Å². The Morgan fingerprint density at radius 1 is 1.05 bits per heavy atom. The molecule has 0 aliphatic heterocycles. The van der Waals surface area contributed by atoms with Crippen molar-refractivity contribution in [3.8, 4) is 0 Å². The quantitative estimate of drug-likeness (QED) is 0.277. The highest BCUT2D eigenvalue weighted by Crippen LogP contribution is 1.97. The van der Waals surface area contributed by atoms with E-state index in [4.69, 9.17) is 10.5 Å². The van der Waals surface area contributed by atoms with Crippen molar-refractivity contribution in [1.29, 1.82) is 0 Å². The molecule has 2 amide bonds. The Morgan fingerprint density at radius 3 is 2.27 bits per heavy atom. The molecule has 0 aliphatic carbocycles. The maximum atomic E-state index is 11.5. The largest absolute Gasteiger partial charge is 0.460 e. The van der Waals surface area contributed by atoms with E-state index in [2.05, 4.69) is 28.5 Å². The molecule has 0 heterocycles. The minimum atomic E-state index is -0.849. The summed E-state index contributed by atoms with van der Waals surface area (Å²) in [5, 5.41) is 5.03.